The van der Waals surface area contributed by atoms with Crippen molar-refractivity contribution in [2.24, 2.45) is 0 Å². The summed E-state index contributed by atoms with van der Waals surface area (Å²) in [7, 11) is 0. The summed E-state index contributed by atoms with van der Waals surface area (Å²) in [6.07, 6.45) is -1.33. The monoisotopic (exact) mass is 176 g/mol. The molecule has 0 saturated carbocycles. The van der Waals surface area contributed by atoms with Gasteiger partial charge < -0.3 is 9.29 Å². The Balaban J connectivity index is 0.000000810. The maximum Gasteiger partial charge on any atom is 1.00 e. The van der Waals surface area contributed by atoms with Crippen LogP contribution in [0.25, 0.3) is 0 Å². The first-order valence-electron chi connectivity index (χ1n) is 2.51. The van der Waals surface area contributed by atoms with E-state index in [2.05, 4.69) is 4.74 Å². The van der Waals surface area contributed by atoms with Crippen LogP contribution in [0.2, 0.25) is 0 Å². The van der Waals surface area contributed by atoms with Crippen molar-refractivity contribution in [2.75, 3.05) is 13.2 Å². The Bertz CT molecular complexity index is 134. The summed E-state index contributed by atoms with van der Waals surface area (Å²) in [5, 5.41) is -0.940. The molecule has 3 nitrogen and oxygen atoms in total. The van der Waals surface area contributed by atoms with E-state index in [4.69, 9.17) is 0 Å². The van der Waals surface area contributed by atoms with Crippen molar-refractivity contribution in [1.82, 2.24) is 0 Å². The molecule has 0 aromatic rings. The van der Waals surface area contributed by atoms with Gasteiger partial charge in [-0.15, -0.1) is 0 Å². The number of halogens is 1. The van der Waals surface area contributed by atoms with Gasteiger partial charge in [-0.3, -0.25) is 4.21 Å². The molecular formula is C4H6FNaO3S. The summed E-state index contributed by atoms with van der Waals surface area (Å²) in [6.45, 7) is -0.0874. The minimum Gasteiger partial charge on any atom is -0.772 e. The molecule has 0 aliphatic carbocycles. The molecule has 0 radical (unpaired) electrons. The summed E-state index contributed by atoms with van der Waals surface area (Å²) >= 11 is -2.32. The third-order valence-electron chi connectivity index (χ3n) is 1.21. The average molecular weight is 176 g/mol. The molecule has 0 amide bonds. The predicted molar refractivity (Wildman–Crippen MR) is 28.4 cm³/mol. The maximum atomic E-state index is 12.3. The summed E-state index contributed by atoms with van der Waals surface area (Å²) < 4.78 is 37.1. The van der Waals surface area contributed by atoms with Crippen LogP contribution in [-0.2, 0) is 15.8 Å². The van der Waals surface area contributed by atoms with Crippen molar-refractivity contribution < 1.29 is 47.4 Å². The Morgan fingerprint density at radius 3 is 2.40 bits per heavy atom. The Morgan fingerprint density at radius 1 is 1.60 bits per heavy atom. The normalized spacial score (nSPS) is 35.0. The zero-order chi connectivity index (χ0) is 6.85. The standard InChI is InChI=1S/C4H7FO3S.Na/c5-3-1-8-2-4(3)9(6)7;/h3-4H,1-2H2,(H,6,7);/q;+1/p-1. The molecule has 1 aliphatic heterocycles. The van der Waals surface area contributed by atoms with E-state index >= 15 is 0 Å². The van der Waals surface area contributed by atoms with E-state index in [1.807, 2.05) is 0 Å². The molecule has 6 heteroatoms. The van der Waals surface area contributed by atoms with Crippen molar-refractivity contribution >= 4 is 11.1 Å². The Kier molecular flexibility index (Phi) is 5.27. The molecule has 1 fully saturated rings. The van der Waals surface area contributed by atoms with Crippen molar-refractivity contribution in [1.29, 1.82) is 0 Å². The first-order valence-corrected chi connectivity index (χ1v) is 3.65. The first kappa shape index (κ1) is 11.0. The number of alkyl halides is 1. The van der Waals surface area contributed by atoms with Crippen LogP contribution in [0.3, 0.4) is 0 Å². The van der Waals surface area contributed by atoms with E-state index in [1.165, 1.54) is 0 Å². The van der Waals surface area contributed by atoms with Crippen LogP contribution < -0.4 is 29.6 Å². The summed E-state index contributed by atoms with van der Waals surface area (Å²) in [5.74, 6) is 0. The van der Waals surface area contributed by atoms with E-state index in [9.17, 15) is 13.2 Å². The molecule has 0 aromatic carbocycles. The summed E-state index contributed by atoms with van der Waals surface area (Å²) in [4.78, 5) is 0. The SMILES string of the molecule is O=S([O-])C1COCC1F.[Na+]. The second-order valence-corrected chi connectivity index (χ2v) is 2.98. The molecule has 3 unspecified atom stereocenters. The van der Waals surface area contributed by atoms with E-state index in [1.54, 1.807) is 0 Å². The van der Waals surface area contributed by atoms with Gasteiger partial charge in [0.25, 0.3) is 0 Å². The first-order chi connectivity index (χ1) is 4.22. The van der Waals surface area contributed by atoms with Crippen LogP contribution in [0.15, 0.2) is 0 Å². The molecule has 0 aromatic heterocycles. The molecule has 3 atom stereocenters. The van der Waals surface area contributed by atoms with Gasteiger partial charge in [0, 0.05) is 0 Å². The van der Waals surface area contributed by atoms with Crippen LogP contribution in [0.1, 0.15) is 0 Å². The van der Waals surface area contributed by atoms with Crippen LogP contribution >= 0.6 is 0 Å². The van der Waals surface area contributed by atoms with Gasteiger partial charge in [0.2, 0.25) is 0 Å². The number of ether oxygens (including phenoxy) is 1. The third-order valence-corrected chi connectivity index (χ3v) is 2.14. The van der Waals surface area contributed by atoms with Gasteiger partial charge in [0.15, 0.2) is 0 Å². The minimum atomic E-state index is -2.32. The van der Waals surface area contributed by atoms with Gasteiger partial charge in [-0.2, -0.15) is 0 Å². The summed E-state index contributed by atoms with van der Waals surface area (Å²) in [6, 6.07) is 0. The van der Waals surface area contributed by atoms with Crippen LogP contribution in [-0.4, -0.2) is 33.4 Å². The average Bonchev–Trinajstić information content (AvgIpc) is 2.13. The van der Waals surface area contributed by atoms with Gasteiger partial charge in [-0.05, 0) is 11.1 Å². The zero-order valence-electron chi connectivity index (χ0n) is 5.58. The number of hydrogen-bond acceptors (Lipinski definition) is 3. The number of rotatable bonds is 1. The molecule has 10 heavy (non-hydrogen) atoms. The largest absolute Gasteiger partial charge is 1.00 e. The predicted octanol–water partition coefficient (Wildman–Crippen LogP) is -3.39. The van der Waals surface area contributed by atoms with Crippen molar-refractivity contribution in [3.63, 3.8) is 0 Å². The molecule has 1 aliphatic rings. The van der Waals surface area contributed by atoms with Gasteiger partial charge in [-0.1, -0.05) is 0 Å². The Labute approximate surface area is 82.9 Å². The fourth-order valence-corrected chi connectivity index (χ4v) is 1.21. The quantitative estimate of drug-likeness (QED) is 0.309. The van der Waals surface area contributed by atoms with Crippen LogP contribution in [0.4, 0.5) is 4.39 Å². The smallest absolute Gasteiger partial charge is 0.772 e. The fraction of sp³-hybridized carbons (Fsp3) is 1.00. The third kappa shape index (κ3) is 2.56. The maximum absolute atomic E-state index is 12.3. The minimum absolute atomic E-state index is 0. The van der Waals surface area contributed by atoms with Crippen molar-refractivity contribution in [3.05, 3.63) is 0 Å². The van der Waals surface area contributed by atoms with Gasteiger partial charge in [0.05, 0.1) is 18.5 Å². The molecule has 1 heterocycles. The molecular weight excluding hydrogens is 170 g/mol. The molecule has 0 N–H and O–H groups in total. The molecule has 54 valence electrons. The zero-order valence-corrected chi connectivity index (χ0v) is 8.40. The Hall–Kier alpha value is 1.00. The van der Waals surface area contributed by atoms with E-state index in [-0.39, 0.29) is 42.8 Å². The molecule has 1 rings (SSSR count). The second kappa shape index (κ2) is 4.79. The van der Waals surface area contributed by atoms with Crippen molar-refractivity contribution in [2.45, 2.75) is 11.4 Å². The van der Waals surface area contributed by atoms with Crippen LogP contribution in [0.5, 0.6) is 0 Å². The van der Waals surface area contributed by atoms with E-state index in [0.717, 1.165) is 0 Å². The fourth-order valence-electron chi connectivity index (χ4n) is 0.685. The summed E-state index contributed by atoms with van der Waals surface area (Å²) in [5.41, 5.74) is 0. The topological polar surface area (TPSA) is 49.4 Å². The van der Waals surface area contributed by atoms with Gasteiger partial charge in [0.1, 0.15) is 6.17 Å². The number of hydrogen-bond donors (Lipinski definition) is 0. The van der Waals surface area contributed by atoms with Gasteiger partial charge in [-0.25, -0.2) is 4.39 Å². The molecule has 0 spiro atoms. The van der Waals surface area contributed by atoms with E-state index in [0.29, 0.717) is 0 Å². The molecule has 1 saturated heterocycles. The molecule has 0 bridgehead atoms. The van der Waals surface area contributed by atoms with Crippen molar-refractivity contribution in [3.8, 4) is 0 Å². The van der Waals surface area contributed by atoms with Gasteiger partial charge >= 0.3 is 29.6 Å². The Morgan fingerprint density at radius 2 is 2.20 bits per heavy atom. The van der Waals surface area contributed by atoms with Crippen LogP contribution in [0, 0.1) is 0 Å². The second-order valence-electron chi connectivity index (χ2n) is 1.85. The van der Waals surface area contributed by atoms with E-state index < -0.39 is 22.5 Å².